The summed E-state index contributed by atoms with van der Waals surface area (Å²) in [5, 5.41) is 5.05. The Hall–Kier alpha value is -0.796. The van der Waals surface area contributed by atoms with Gasteiger partial charge in [-0.05, 0) is 0 Å². The summed E-state index contributed by atoms with van der Waals surface area (Å²) in [4.78, 5) is 26.3. The molecule has 3 aromatic rings. The minimum atomic E-state index is -1.42. The van der Waals surface area contributed by atoms with Gasteiger partial charge in [0.2, 0.25) is 0 Å². The van der Waals surface area contributed by atoms with E-state index in [0.29, 0.717) is 16.8 Å². The number of ether oxygens (including phenoxy) is 1. The van der Waals surface area contributed by atoms with Crippen molar-refractivity contribution in [3.05, 3.63) is 52.1 Å². The fourth-order valence-corrected chi connectivity index (χ4v) is 3.95. The van der Waals surface area contributed by atoms with Gasteiger partial charge in [-0.25, -0.2) is 0 Å². The number of carbonyl (C=O) groups excluding carboxylic acids is 1. The molecule has 2 heterocycles. The van der Waals surface area contributed by atoms with Gasteiger partial charge in [0.15, 0.2) is 0 Å². The maximum atomic E-state index is 12.1. The Morgan fingerprint density at radius 1 is 1.30 bits per heavy atom. The zero-order valence-electron chi connectivity index (χ0n) is 12.5. The summed E-state index contributed by atoms with van der Waals surface area (Å²) in [6.07, 6.45) is 0. The van der Waals surface area contributed by atoms with Crippen LogP contribution in [0.1, 0.15) is 11.4 Å². The van der Waals surface area contributed by atoms with Crippen LogP contribution in [0.15, 0.2) is 35.1 Å². The van der Waals surface area contributed by atoms with E-state index in [1.54, 1.807) is 16.8 Å². The van der Waals surface area contributed by atoms with Crippen molar-refractivity contribution in [2.45, 2.75) is 13.8 Å². The topological polar surface area (TPSA) is 77.0 Å². The second-order valence-electron chi connectivity index (χ2n) is 5.06. The van der Waals surface area contributed by atoms with Crippen LogP contribution in [0.4, 0.5) is 4.79 Å². The van der Waals surface area contributed by atoms with Gasteiger partial charge in [-0.2, -0.15) is 0 Å². The Bertz CT molecular complexity index is 947. The fraction of sp³-hybridized carbons (Fsp3) is 0.133. The molecule has 23 heavy (non-hydrogen) atoms. The molecule has 0 fully saturated rings. The molecule has 0 atom stereocenters. The summed E-state index contributed by atoms with van der Waals surface area (Å²) < 4.78 is 6.90. The number of benzene rings is 1. The summed E-state index contributed by atoms with van der Waals surface area (Å²) in [7, 11) is 0. The third-order valence-electron chi connectivity index (χ3n) is 3.38. The van der Waals surface area contributed by atoms with E-state index in [-0.39, 0.29) is 7.11 Å². The number of aromatic nitrogens is 3. The van der Waals surface area contributed by atoms with Crippen LogP contribution in [0.2, 0.25) is 0 Å². The van der Waals surface area contributed by atoms with Gasteiger partial charge in [0.25, 0.3) is 0 Å². The number of aryl methyl sites for hydroxylation is 2. The summed E-state index contributed by atoms with van der Waals surface area (Å²) in [6, 6.07) is 9.04. The summed E-state index contributed by atoms with van der Waals surface area (Å²) in [6.45, 7) is 3.65. The molecule has 2 aromatic heterocycles. The van der Waals surface area contributed by atoms with Crippen molar-refractivity contribution in [2.24, 2.45) is 0 Å². The van der Waals surface area contributed by atoms with Crippen molar-refractivity contribution in [2.75, 3.05) is 0 Å². The number of rotatable bonds is 3. The molecular weight excluding hydrogens is 538 g/mol. The Balaban J connectivity index is 2.07. The average Bonchev–Trinajstić information content (AvgIpc) is 2.85. The third-order valence-corrected chi connectivity index (χ3v) is 8.10. The van der Waals surface area contributed by atoms with Gasteiger partial charge >= 0.3 is 160 Å². The normalized spacial score (nSPS) is 10.6. The van der Waals surface area contributed by atoms with E-state index in [2.05, 4.69) is 24.1 Å². The number of H-pyrrole nitrogens is 1. The molecule has 0 saturated carbocycles. The molecule has 0 aliphatic carbocycles. The molecular formula is C15H12IN3O3Pr. The number of nitrogens with zero attached hydrogens (tertiary/aromatic N) is 2. The zero-order chi connectivity index (χ0) is 16.6. The monoisotopic (exact) mass is 550 g/mol. The number of halogens is 1. The Labute approximate surface area is 158 Å². The molecule has 1 aromatic carbocycles. The quantitative estimate of drug-likeness (QED) is 0.509. The predicted molar refractivity (Wildman–Crippen MR) is 91.2 cm³/mol. The molecule has 0 aliphatic heterocycles. The SMILES string of the molecule is Cc1cc2c(c(C)nn2-c2ccc(O[C](=O)[Pr][I])cc2)c(=O)[nH]1. The standard InChI is InChI=1S/C15H12N3O3.HI.Pr/c1-9-7-13-14(15(20)16-9)10(2)17-18(13)11-3-5-12(6-4-11)21-8-19;;/h3-7H,1-2H3,(H,16,20);1H;/q;;+1/p-1. The maximum absolute atomic E-state index is 12.1. The van der Waals surface area contributed by atoms with Gasteiger partial charge in [-0.3, -0.25) is 0 Å². The number of aromatic amines is 1. The Kier molecular flexibility index (Phi) is 5.17. The van der Waals surface area contributed by atoms with Crippen LogP contribution < -0.4 is 10.3 Å². The predicted octanol–water partition coefficient (Wildman–Crippen LogP) is 3.26. The number of hydrogen-bond donors (Lipinski definition) is 1. The van der Waals surface area contributed by atoms with E-state index < -0.39 is 31.6 Å². The van der Waals surface area contributed by atoms with E-state index in [0.717, 1.165) is 16.9 Å². The number of nitrogens with one attached hydrogen (secondary N) is 1. The number of hydrogen-bond acceptors (Lipinski definition) is 4. The first-order valence-electron chi connectivity index (χ1n) is 6.84. The molecule has 0 unspecified atom stereocenters. The number of fused-ring (bicyclic) bond motifs is 1. The average molecular weight is 550 g/mol. The zero-order valence-corrected chi connectivity index (χ0v) is 18.3. The first kappa shape index (κ1) is 17.0. The first-order chi connectivity index (χ1) is 11.0. The van der Waals surface area contributed by atoms with Crippen molar-refractivity contribution < 1.29 is 41.2 Å². The van der Waals surface area contributed by atoms with Gasteiger partial charge in [0.1, 0.15) is 0 Å². The van der Waals surface area contributed by atoms with E-state index >= 15 is 0 Å². The molecule has 0 radical (unpaired) electrons. The summed E-state index contributed by atoms with van der Waals surface area (Å²) in [5.41, 5.74) is 2.89. The van der Waals surface area contributed by atoms with Crippen LogP contribution in [0.25, 0.3) is 16.6 Å². The number of carbonyl (C=O) groups is 1. The number of pyridine rings is 1. The molecule has 115 valence electrons. The Morgan fingerprint density at radius 2 is 2.00 bits per heavy atom. The van der Waals surface area contributed by atoms with Crippen LogP contribution in [0.3, 0.4) is 0 Å². The van der Waals surface area contributed by atoms with E-state index in [1.807, 2.05) is 32.0 Å². The van der Waals surface area contributed by atoms with E-state index in [1.165, 1.54) is 0 Å². The van der Waals surface area contributed by atoms with Crippen molar-refractivity contribution in [1.82, 2.24) is 14.8 Å². The van der Waals surface area contributed by atoms with Crippen LogP contribution in [-0.2, 0) is 0 Å². The van der Waals surface area contributed by atoms with Gasteiger partial charge in [-0.15, -0.1) is 0 Å². The molecule has 6 nitrogen and oxygen atoms in total. The molecule has 0 bridgehead atoms. The second-order valence-corrected chi connectivity index (χ2v) is 11.9. The van der Waals surface area contributed by atoms with Crippen molar-refractivity contribution >= 4 is 26.5 Å². The molecule has 1 N–H and O–H groups in total. The van der Waals surface area contributed by atoms with E-state index in [4.69, 9.17) is 4.74 Å². The van der Waals surface area contributed by atoms with Crippen molar-refractivity contribution in [3.8, 4) is 11.4 Å². The molecule has 0 spiro atoms. The second kappa shape index (κ2) is 6.98. The summed E-state index contributed by atoms with van der Waals surface area (Å²) >= 11 is 0.744. The van der Waals surface area contributed by atoms with Crippen LogP contribution >= 0.6 is 14.0 Å². The van der Waals surface area contributed by atoms with E-state index in [9.17, 15) is 9.59 Å². The van der Waals surface area contributed by atoms with Crippen LogP contribution in [0.5, 0.6) is 5.75 Å². The Morgan fingerprint density at radius 3 is 2.65 bits per heavy atom. The van der Waals surface area contributed by atoms with Crippen LogP contribution in [0, 0.1) is 45.5 Å². The minimum absolute atomic E-state index is 0.0825. The van der Waals surface area contributed by atoms with Gasteiger partial charge in [-0.1, -0.05) is 0 Å². The molecule has 0 saturated heterocycles. The fourth-order valence-electron chi connectivity index (χ4n) is 2.43. The van der Waals surface area contributed by atoms with Crippen molar-refractivity contribution in [1.29, 1.82) is 0 Å². The van der Waals surface area contributed by atoms with Crippen molar-refractivity contribution in [3.63, 3.8) is 0 Å². The van der Waals surface area contributed by atoms with Crippen LogP contribution in [-0.4, -0.2) is 16.3 Å². The molecule has 3 rings (SSSR count). The molecule has 0 amide bonds. The molecule has 8 heteroatoms. The van der Waals surface area contributed by atoms with Gasteiger partial charge in [0.05, 0.1) is 0 Å². The van der Waals surface area contributed by atoms with Gasteiger partial charge < -0.3 is 0 Å². The first-order valence-corrected chi connectivity index (χ1v) is 19.3. The third kappa shape index (κ3) is 3.51. The molecule has 0 aliphatic rings. The summed E-state index contributed by atoms with van der Waals surface area (Å²) in [5.74, 6) is 0.536. The van der Waals surface area contributed by atoms with Gasteiger partial charge in [0, 0.05) is 0 Å².